The van der Waals surface area contributed by atoms with Gasteiger partial charge in [-0.1, -0.05) is 0 Å². The Bertz CT molecular complexity index is 148. The van der Waals surface area contributed by atoms with Crippen LogP contribution in [0.5, 0.6) is 0 Å². The Labute approximate surface area is 85.0 Å². The molecule has 0 saturated heterocycles. The van der Waals surface area contributed by atoms with Crippen LogP contribution in [0.2, 0.25) is 0 Å². The van der Waals surface area contributed by atoms with E-state index in [-0.39, 0.29) is 5.97 Å². The maximum Gasteiger partial charge on any atom is 0.302 e. The fourth-order valence-electron chi connectivity index (χ4n) is 0.389. The van der Waals surface area contributed by atoms with Crippen LogP contribution in [0, 0.1) is 0 Å². The molecule has 5 nitrogen and oxygen atoms in total. The smallest absolute Gasteiger partial charge is 0.302 e. The molecule has 0 aliphatic rings. The lowest BCUT2D eigenvalue weighted by atomic mass is 10.7. The van der Waals surface area contributed by atoms with E-state index in [2.05, 4.69) is 4.74 Å². The summed E-state index contributed by atoms with van der Waals surface area (Å²) in [7, 11) is 3.38. The van der Waals surface area contributed by atoms with Crippen LogP contribution in [0.4, 0.5) is 0 Å². The highest BCUT2D eigenvalue weighted by Gasteiger charge is 1.89. The normalized spacial score (nSPS) is 8.29. The Hall–Kier alpha value is -1.10. The second-order valence-electron chi connectivity index (χ2n) is 2.61. The molecule has 0 spiro atoms. The quantitative estimate of drug-likeness (QED) is 0.368. The monoisotopic (exact) mass is 205 g/mol. The molecule has 0 bridgehead atoms. The second-order valence-corrected chi connectivity index (χ2v) is 2.61. The molecule has 0 aliphatic heterocycles. The largest absolute Gasteiger partial charge is 0.463 e. The topological polar surface area (TPSA) is 55.8 Å². The molecule has 0 aromatic rings. The van der Waals surface area contributed by atoms with Gasteiger partial charge < -0.3 is 14.4 Å². The summed E-state index contributed by atoms with van der Waals surface area (Å²) in [5.74, 6) is -0.255. The highest BCUT2D eigenvalue weighted by Crippen LogP contribution is 1.77. The van der Waals surface area contributed by atoms with Crippen LogP contribution < -0.4 is 0 Å². The maximum absolute atomic E-state index is 10.1. The van der Waals surface area contributed by atoms with Crippen molar-refractivity contribution in [2.24, 2.45) is 0 Å². The fraction of sp³-hybridized carbons (Fsp3) is 0.778. The summed E-state index contributed by atoms with van der Waals surface area (Å²) in [6.45, 7) is 4.81. The van der Waals surface area contributed by atoms with Crippen molar-refractivity contribution in [2.45, 2.75) is 13.8 Å². The molecule has 0 aromatic carbocycles. The standard InChI is InChI=1S/C6H12O3.C3H7NO/c1-3-8-4-5-9-6(2)7;1-4(2)3-5/h3-5H2,1-2H3;3H,1-2H3. The van der Waals surface area contributed by atoms with E-state index in [4.69, 9.17) is 4.74 Å². The summed E-state index contributed by atoms with van der Waals surface area (Å²) in [5, 5.41) is 0. The first-order chi connectivity index (χ1) is 6.54. The molecule has 0 aromatic heterocycles. The molecule has 0 atom stereocenters. The Morgan fingerprint density at radius 2 is 1.86 bits per heavy atom. The molecule has 0 unspecified atom stereocenters. The van der Waals surface area contributed by atoms with Crippen molar-refractivity contribution in [1.29, 1.82) is 0 Å². The van der Waals surface area contributed by atoms with Crippen LogP contribution >= 0.6 is 0 Å². The lowest BCUT2D eigenvalue weighted by molar-refractivity contribution is -0.142. The van der Waals surface area contributed by atoms with E-state index in [1.165, 1.54) is 11.8 Å². The number of esters is 1. The van der Waals surface area contributed by atoms with Gasteiger partial charge in [-0.2, -0.15) is 0 Å². The minimum atomic E-state index is -0.255. The predicted molar refractivity (Wildman–Crippen MR) is 52.9 cm³/mol. The van der Waals surface area contributed by atoms with Crippen LogP contribution in [0.25, 0.3) is 0 Å². The zero-order valence-electron chi connectivity index (χ0n) is 9.28. The minimum absolute atomic E-state index is 0.255. The molecule has 84 valence electrons. The van der Waals surface area contributed by atoms with Crippen molar-refractivity contribution in [3.05, 3.63) is 0 Å². The summed E-state index contributed by atoms with van der Waals surface area (Å²) in [5.41, 5.74) is 0. The van der Waals surface area contributed by atoms with Crippen LogP contribution in [-0.4, -0.2) is 51.2 Å². The van der Waals surface area contributed by atoms with E-state index >= 15 is 0 Å². The molecular weight excluding hydrogens is 186 g/mol. The minimum Gasteiger partial charge on any atom is -0.463 e. The maximum atomic E-state index is 10.1. The summed E-state index contributed by atoms with van der Waals surface area (Å²) in [4.78, 5) is 21.0. The second kappa shape index (κ2) is 11.9. The van der Waals surface area contributed by atoms with Gasteiger partial charge in [0.1, 0.15) is 6.61 Å². The number of rotatable bonds is 5. The van der Waals surface area contributed by atoms with Gasteiger partial charge in [0.25, 0.3) is 0 Å². The average molecular weight is 205 g/mol. The Morgan fingerprint density at radius 3 is 2.14 bits per heavy atom. The van der Waals surface area contributed by atoms with Crippen LogP contribution in [0.3, 0.4) is 0 Å². The molecule has 5 heteroatoms. The van der Waals surface area contributed by atoms with Gasteiger partial charge >= 0.3 is 5.97 Å². The van der Waals surface area contributed by atoms with Gasteiger partial charge in [-0.15, -0.1) is 0 Å². The highest BCUT2D eigenvalue weighted by molar-refractivity contribution is 5.65. The summed E-state index contributed by atoms with van der Waals surface area (Å²) >= 11 is 0. The Morgan fingerprint density at radius 1 is 1.36 bits per heavy atom. The highest BCUT2D eigenvalue weighted by atomic mass is 16.6. The van der Waals surface area contributed by atoms with E-state index < -0.39 is 0 Å². The molecule has 0 radical (unpaired) electrons. The summed E-state index contributed by atoms with van der Waals surface area (Å²) in [6, 6.07) is 0. The first-order valence-electron chi connectivity index (χ1n) is 4.37. The van der Waals surface area contributed by atoms with E-state index in [9.17, 15) is 9.59 Å². The number of amides is 1. The number of hydrogen-bond donors (Lipinski definition) is 0. The van der Waals surface area contributed by atoms with Crippen molar-refractivity contribution in [3.8, 4) is 0 Å². The third kappa shape index (κ3) is 22.4. The van der Waals surface area contributed by atoms with Gasteiger partial charge in [0.05, 0.1) is 6.61 Å². The molecule has 1 amide bonds. The molecular formula is C9H19NO4. The first-order valence-corrected chi connectivity index (χ1v) is 4.37. The molecule has 0 N–H and O–H groups in total. The molecule has 14 heavy (non-hydrogen) atoms. The number of carbonyl (C=O) groups excluding carboxylic acids is 2. The van der Waals surface area contributed by atoms with Gasteiger partial charge in [-0.25, -0.2) is 0 Å². The zero-order valence-corrected chi connectivity index (χ0v) is 9.28. The van der Waals surface area contributed by atoms with Crippen molar-refractivity contribution < 1.29 is 19.1 Å². The zero-order chi connectivity index (χ0) is 11.4. The van der Waals surface area contributed by atoms with Crippen molar-refractivity contribution >= 4 is 12.4 Å². The van der Waals surface area contributed by atoms with Crippen molar-refractivity contribution in [2.75, 3.05) is 33.9 Å². The summed E-state index contributed by atoms with van der Waals surface area (Å²) < 4.78 is 9.49. The Kier molecular flexibility index (Phi) is 13.1. The van der Waals surface area contributed by atoms with E-state index in [0.717, 1.165) is 6.41 Å². The first kappa shape index (κ1) is 15.4. The number of nitrogens with zero attached hydrogens (tertiary/aromatic N) is 1. The predicted octanol–water partition coefficient (Wildman–Crippen LogP) is 0.290. The fourth-order valence-corrected chi connectivity index (χ4v) is 0.389. The molecule has 0 rings (SSSR count). The van der Waals surface area contributed by atoms with E-state index in [0.29, 0.717) is 19.8 Å². The third-order valence-electron chi connectivity index (χ3n) is 0.948. The lowest BCUT2D eigenvalue weighted by Gasteiger charge is -1.99. The van der Waals surface area contributed by atoms with Gasteiger partial charge in [-0.05, 0) is 6.92 Å². The van der Waals surface area contributed by atoms with Crippen LogP contribution in [0.1, 0.15) is 13.8 Å². The number of hydrogen-bond acceptors (Lipinski definition) is 4. The average Bonchev–Trinajstić information content (AvgIpc) is 2.13. The lowest BCUT2D eigenvalue weighted by Crippen LogP contribution is -2.06. The van der Waals surface area contributed by atoms with Crippen molar-refractivity contribution in [3.63, 3.8) is 0 Å². The Balaban J connectivity index is 0. The van der Waals surface area contributed by atoms with Crippen LogP contribution in [0.15, 0.2) is 0 Å². The molecule has 0 fully saturated rings. The van der Waals surface area contributed by atoms with Crippen molar-refractivity contribution in [1.82, 2.24) is 4.90 Å². The number of carbonyl (C=O) groups is 2. The van der Waals surface area contributed by atoms with E-state index in [1.54, 1.807) is 14.1 Å². The third-order valence-corrected chi connectivity index (χ3v) is 0.948. The van der Waals surface area contributed by atoms with Gasteiger partial charge in [0.15, 0.2) is 0 Å². The van der Waals surface area contributed by atoms with E-state index in [1.807, 2.05) is 6.92 Å². The SMILES string of the molecule is CCOCCOC(C)=O.CN(C)C=O. The summed E-state index contributed by atoms with van der Waals surface area (Å²) in [6.07, 6.45) is 0.750. The van der Waals surface area contributed by atoms with Crippen LogP contribution in [-0.2, 0) is 19.1 Å². The van der Waals surface area contributed by atoms with Gasteiger partial charge in [0.2, 0.25) is 6.41 Å². The van der Waals surface area contributed by atoms with Gasteiger partial charge in [0, 0.05) is 27.6 Å². The van der Waals surface area contributed by atoms with Gasteiger partial charge in [-0.3, -0.25) is 9.59 Å². The number of ether oxygens (including phenoxy) is 2. The molecule has 0 saturated carbocycles. The molecule has 0 aliphatic carbocycles. The molecule has 0 heterocycles.